The molecule has 10 rings (SSSR count). The molecule has 3 aromatic rings. The molecule has 8 nitrogen and oxygen atoms in total. The predicted molar refractivity (Wildman–Crippen MR) is 247 cm³/mol. The van der Waals surface area contributed by atoms with Gasteiger partial charge in [-0.25, -0.2) is 13.1 Å². The molecule has 322 valence electrons. The van der Waals surface area contributed by atoms with E-state index in [-0.39, 0.29) is 10.9 Å². The number of carbonyl (C=O) groups is 1. The van der Waals surface area contributed by atoms with Crippen LogP contribution in [0, 0.1) is 29.1 Å². The lowest BCUT2D eigenvalue weighted by Gasteiger charge is -2.72. The van der Waals surface area contributed by atoms with Crippen LogP contribution in [-0.4, -0.2) is 88.3 Å². The largest absolute Gasteiger partial charge is 0.381 e. The quantitative estimate of drug-likeness (QED) is 0.116. The number of nitrogens with one attached hydrogen (secondary N) is 2. The highest BCUT2D eigenvalue weighted by molar-refractivity contribution is 7.99. The number of anilines is 2. The van der Waals surface area contributed by atoms with Crippen molar-refractivity contribution in [3.8, 4) is 0 Å². The number of amides is 1. The van der Waals surface area contributed by atoms with Crippen LogP contribution in [0.3, 0.4) is 0 Å². The minimum Gasteiger partial charge on any atom is -0.381 e. The Morgan fingerprint density at radius 2 is 1.60 bits per heavy atom. The van der Waals surface area contributed by atoms with Crippen LogP contribution in [0.1, 0.15) is 107 Å². The summed E-state index contributed by atoms with van der Waals surface area (Å²) >= 11 is 1.84. The van der Waals surface area contributed by atoms with Gasteiger partial charge in [-0.05, 0) is 173 Å². The van der Waals surface area contributed by atoms with Crippen molar-refractivity contribution in [2.75, 3.05) is 68.3 Å². The van der Waals surface area contributed by atoms with Gasteiger partial charge in [0.15, 0.2) is 0 Å². The summed E-state index contributed by atoms with van der Waals surface area (Å²) in [4.78, 5) is 22.3. The predicted octanol–water partition coefficient (Wildman–Crippen LogP) is 9.77. The molecule has 6 fully saturated rings. The molecular formula is C50H67N5O3S2. The van der Waals surface area contributed by atoms with Crippen LogP contribution in [0.4, 0.5) is 11.4 Å². The number of nitrogens with zero attached hydrogens (tertiary/aromatic N) is 3. The molecule has 2 heterocycles. The monoisotopic (exact) mass is 849 g/mol. The van der Waals surface area contributed by atoms with E-state index < -0.39 is 15.9 Å². The van der Waals surface area contributed by atoms with Gasteiger partial charge in [0, 0.05) is 72.9 Å². The number of piperazine rings is 1. The molecular weight excluding hydrogens is 783 g/mol. The molecule has 3 aromatic carbocycles. The van der Waals surface area contributed by atoms with Gasteiger partial charge in [-0.1, -0.05) is 49.6 Å². The number of allylic oxidation sites excluding steroid dienone is 1. The van der Waals surface area contributed by atoms with E-state index in [9.17, 15) is 13.2 Å². The van der Waals surface area contributed by atoms with Crippen molar-refractivity contribution in [3.05, 3.63) is 95.1 Å². The highest BCUT2D eigenvalue weighted by Gasteiger charge is 2.67. The van der Waals surface area contributed by atoms with E-state index in [0.29, 0.717) is 21.8 Å². The number of hydrogen-bond donors (Lipinski definition) is 2. The Morgan fingerprint density at radius 1 is 0.883 bits per heavy atom. The third kappa shape index (κ3) is 9.09. The molecule has 1 spiro atoms. The van der Waals surface area contributed by atoms with Crippen LogP contribution in [-0.2, 0) is 10.0 Å². The van der Waals surface area contributed by atoms with Crippen LogP contribution in [0.2, 0.25) is 0 Å². The zero-order valence-corrected chi connectivity index (χ0v) is 37.9. The zero-order valence-electron chi connectivity index (χ0n) is 36.3. The number of aryl methyl sites for hydroxylation is 1. The van der Waals surface area contributed by atoms with E-state index in [1.807, 2.05) is 48.5 Å². The Balaban J connectivity index is 0.780. The molecule has 1 amide bonds. The second kappa shape index (κ2) is 17.1. The molecule has 2 N–H and O–H groups in total. The fourth-order valence-corrected chi connectivity index (χ4v) is 13.9. The highest BCUT2D eigenvalue weighted by Crippen LogP contribution is 2.78. The van der Waals surface area contributed by atoms with Gasteiger partial charge in [0.05, 0.1) is 4.90 Å². The van der Waals surface area contributed by atoms with E-state index in [4.69, 9.17) is 0 Å². The molecule has 1 atom stereocenters. The second-order valence-corrected chi connectivity index (χ2v) is 23.0. The molecule has 7 aliphatic rings. The maximum Gasteiger partial charge on any atom is 0.264 e. The van der Waals surface area contributed by atoms with Crippen LogP contribution < -0.4 is 14.9 Å². The van der Waals surface area contributed by atoms with Gasteiger partial charge in [0.2, 0.25) is 0 Å². The summed E-state index contributed by atoms with van der Waals surface area (Å²) in [7, 11) is -4.07. The first-order valence-electron chi connectivity index (χ1n) is 23.0. The molecule has 4 saturated carbocycles. The molecule has 2 bridgehead atoms. The lowest BCUT2D eigenvalue weighted by molar-refractivity contribution is -0.169. The van der Waals surface area contributed by atoms with E-state index in [0.717, 1.165) is 87.4 Å². The number of hydrogen-bond acceptors (Lipinski definition) is 8. The minimum atomic E-state index is -4.07. The van der Waals surface area contributed by atoms with Gasteiger partial charge in [-0.3, -0.25) is 9.69 Å². The molecule has 2 saturated heterocycles. The van der Waals surface area contributed by atoms with Crippen LogP contribution in [0.25, 0.3) is 0 Å². The summed E-state index contributed by atoms with van der Waals surface area (Å²) in [5.74, 6) is 1.09. The normalized spacial score (nSPS) is 26.2. The van der Waals surface area contributed by atoms with Gasteiger partial charge < -0.3 is 15.1 Å². The maximum atomic E-state index is 13.5. The maximum absolute atomic E-state index is 13.5. The van der Waals surface area contributed by atoms with Crippen molar-refractivity contribution in [1.29, 1.82) is 0 Å². The van der Waals surface area contributed by atoms with E-state index in [1.54, 1.807) is 29.8 Å². The lowest BCUT2D eigenvalue weighted by Crippen LogP contribution is -2.62. The summed E-state index contributed by atoms with van der Waals surface area (Å²) < 4.78 is 29.4. The number of carbonyl (C=O) groups excluding carboxylic acids is 1. The van der Waals surface area contributed by atoms with Crippen LogP contribution >= 0.6 is 11.8 Å². The standard InChI is InChI=1S/C50H67N5O3S2/c1-37-17-23-53(24-18-37)25-19-41(33-59-43-8-5-4-6-9-43)51-46-15-14-44(30-38(46)2)60(57,58)52-47(56)39-10-12-42(13-11-39)55-28-26-54(27-29-55)32-40-16-22-49(20-7-21-49)31-45(40)50-34-48(3,35-50)36-50/h4-6,8-15,30,37,41,51H,7,16-29,31-36H2,1-3H3,(H,52,56)/t41-,48?,50?/m1/s1. The van der Waals surface area contributed by atoms with E-state index >= 15 is 0 Å². The molecule has 60 heavy (non-hydrogen) atoms. The molecule has 2 aliphatic heterocycles. The number of benzene rings is 3. The first kappa shape index (κ1) is 42.0. The molecule has 0 aromatic heterocycles. The SMILES string of the molecule is Cc1cc(S(=O)(=O)NC(=O)c2ccc(N3CCN(CC4=C(C56CC(C)(C5)C6)CC5(CCC5)CC4)CC3)cc2)ccc1N[C@H](CCN1CCC(C)CC1)CSc1ccccc1. The Labute approximate surface area is 364 Å². The topological polar surface area (TPSA) is 85.0 Å². The van der Waals surface area contributed by atoms with Crippen molar-refractivity contribution in [2.24, 2.45) is 22.2 Å². The average molecular weight is 850 g/mol. The molecule has 0 unspecified atom stereocenters. The minimum absolute atomic E-state index is 0.0863. The smallest absolute Gasteiger partial charge is 0.264 e. The lowest BCUT2D eigenvalue weighted by atomic mass is 9.32. The summed E-state index contributed by atoms with van der Waals surface area (Å²) in [6.07, 6.45) is 16.2. The third-order valence-electron chi connectivity index (χ3n) is 15.5. The van der Waals surface area contributed by atoms with Gasteiger partial charge >= 0.3 is 0 Å². The second-order valence-electron chi connectivity index (χ2n) is 20.2. The van der Waals surface area contributed by atoms with Crippen LogP contribution in [0.5, 0.6) is 0 Å². The van der Waals surface area contributed by atoms with Crippen molar-refractivity contribution >= 4 is 39.1 Å². The number of rotatable bonds is 15. The van der Waals surface area contributed by atoms with Crippen LogP contribution in [0.15, 0.2) is 93.7 Å². The Bertz CT molecular complexity index is 2130. The van der Waals surface area contributed by atoms with E-state index in [1.165, 1.54) is 75.5 Å². The molecule has 5 aliphatic carbocycles. The van der Waals surface area contributed by atoms with Gasteiger partial charge in [0.1, 0.15) is 0 Å². The first-order chi connectivity index (χ1) is 28.9. The number of sulfonamides is 1. The van der Waals surface area contributed by atoms with Gasteiger partial charge in [0.25, 0.3) is 15.9 Å². The molecule has 10 heteroatoms. The summed E-state index contributed by atoms with van der Waals surface area (Å²) in [5, 5.41) is 3.75. The summed E-state index contributed by atoms with van der Waals surface area (Å²) in [6, 6.07) is 23.2. The van der Waals surface area contributed by atoms with Crippen molar-refractivity contribution in [2.45, 2.75) is 114 Å². The van der Waals surface area contributed by atoms with Gasteiger partial charge in [-0.15, -0.1) is 11.8 Å². The van der Waals surface area contributed by atoms with E-state index in [2.05, 4.69) is 62.9 Å². The Kier molecular flexibility index (Phi) is 12.0. The van der Waals surface area contributed by atoms with Crippen molar-refractivity contribution < 1.29 is 13.2 Å². The highest BCUT2D eigenvalue weighted by atomic mass is 32.2. The number of likely N-dealkylation sites (tertiary alicyclic amines) is 1. The summed E-state index contributed by atoms with van der Waals surface area (Å²) in [6.45, 7) is 15.2. The van der Waals surface area contributed by atoms with Crippen molar-refractivity contribution in [1.82, 2.24) is 14.5 Å². The molecule has 0 radical (unpaired) electrons. The Morgan fingerprint density at radius 3 is 2.25 bits per heavy atom. The fraction of sp³-hybridized carbons (Fsp3) is 0.580. The average Bonchev–Trinajstić information content (AvgIpc) is 3.21. The Hall–Kier alpha value is -3.31. The number of thioether (sulfide) groups is 1. The zero-order chi connectivity index (χ0) is 41.5. The fourth-order valence-electron chi connectivity index (χ4n) is 11.8. The number of piperidine rings is 1. The first-order valence-corrected chi connectivity index (χ1v) is 25.5. The van der Waals surface area contributed by atoms with Crippen molar-refractivity contribution in [3.63, 3.8) is 0 Å². The summed E-state index contributed by atoms with van der Waals surface area (Å²) in [5.41, 5.74) is 8.67. The van der Waals surface area contributed by atoms with Gasteiger partial charge in [-0.2, -0.15) is 0 Å². The third-order valence-corrected chi connectivity index (χ3v) is 18.0.